The number of halogens is 1. The van der Waals surface area contributed by atoms with E-state index in [0.29, 0.717) is 10.9 Å². The van der Waals surface area contributed by atoms with Gasteiger partial charge in [-0.15, -0.1) is 0 Å². The van der Waals surface area contributed by atoms with Gasteiger partial charge in [0.05, 0.1) is 38.3 Å². The summed E-state index contributed by atoms with van der Waals surface area (Å²) >= 11 is 6.15. The Morgan fingerprint density at radius 2 is 1.14 bits per heavy atom. The second-order valence-electron chi connectivity index (χ2n) is 18.6. The van der Waals surface area contributed by atoms with Crippen molar-refractivity contribution in [3.05, 3.63) is 246 Å². The fourth-order valence-electron chi connectivity index (χ4n) is 9.98. The number of para-hydroxylation sites is 7. The van der Waals surface area contributed by atoms with Crippen LogP contribution >= 0.6 is 11.6 Å². The first-order valence-electron chi connectivity index (χ1n) is 24.9. The number of benzene rings is 10. The van der Waals surface area contributed by atoms with Crippen molar-refractivity contribution in [1.82, 2.24) is 19.5 Å². The SMILES string of the molecule is CC1=Nc2cccc3cccc(c23)N1.CC1c2ccccc2Oc2c(Cl)cccc21.Cc1ccc2ncc3ccccc3c2c1.Cc1cccc2nc3ccccc3nc12.Cn1c2ccccc2c2ccccc21. The largest absolute Gasteiger partial charge is 0.455 e. The fourth-order valence-corrected chi connectivity index (χ4v) is 10.2. The maximum absolute atomic E-state index is 6.15. The molecular weight excluding hydrogens is 928 g/mol. The van der Waals surface area contributed by atoms with E-state index in [0.717, 1.165) is 61.9 Å². The summed E-state index contributed by atoms with van der Waals surface area (Å²) in [5, 5.41) is 12.8. The molecule has 1 unspecified atom stereocenters. The molecule has 1 atom stereocenters. The van der Waals surface area contributed by atoms with Gasteiger partial charge in [-0.3, -0.25) is 4.98 Å². The number of nitrogens with zero attached hydrogens (tertiary/aromatic N) is 5. The molecule has 13 aromatic rings. The van der Waals surface area contributed by atoms with E-state index in [1.54, 1.807) is 0 Å². The van der Waals surface area contributed by atoms with Gasteiger partial charge in [-0.2, -0.15) is 0 Å². The minimum absolute atomic E-state index is 0.332. The minimum atomic E-state index is 0.332. The minimum Gasteiger partial charge on any atom is -0.455 e. The Balaban J connectivity index is 0.0000000994. The molecular formula is C66H53ClN6O. The first-order chi connectivity index (χ1) is 36.2. The van der Waals surface area contributed by atoms with Crippen molar-refractivity contribution in [2.45, 2.75) is 33.6 Å². The molecule has 5 heterocycles. The van der Waals surface area contributed by atoms with Crippen molar-refractivity contribution < 1.29 is 4.74 Å². The molecule has 8 heteroatoms. The van der Waals surface area contributed by atoms with E-state index in [1.165, 1.54) is 65.4 Å². The first kappa shape index (κ1) is 47.4. The van der Waals surface area contributed by atoms with Crippen LogP contribution in [-0.2, 0) is 7.05 Å². The lowest BCUT2D eigenvalue weighted by atomic mass is 9.90. The Morgan fingerprint density at radius 3 is 1.92 bits per heavy atom. The highest BCUT2D eigenvalue weighted by molar-refractivity contribution is 6.32. The third-order valence-electron chi connectivity index (χ3n) is 13.7. The number of pyridine rings is 1. The molecule has 7 nitrogen and oxygen atoms in total. The number of anilines is 1. The van der Waals surface area contributed by atoms with Gasteiger partial charge in [0.15, 0.2) is 0 Å². The van der Waals surface area contributed by atoms with Crippen LogP contribution in [0.1, 0.15) is 42.0 Å². The average molecular weight is 982 g/mol. The van der Waals surface area contributed by atoms with Crippen molar-refractivity contribution in [1.29, 1.82) is 0 Å². The molecule has 74 heavy (non-hydrogen) atoms. The molecule has 15 rings (SSSR count). The number of amidine groups is 1. The molecule has 1 N–H and O–H groups in total. The molecule has 0 bridgehead atoms. The van der Waals surface area contributed by atoms with E-state index in [2.05, 4.69) is 191 Å². The second-order valence-corrected chi connectivity index (χ2v) is 19.0. The van der Waals surface area contributed by atoms with E-state index < -0.39 is 0 Å². The van der Waals surface area contributed by atoms with E-state index in [9.17, 15) is 0 Å². The van der Waals surface area contributed by atoms with Crippen LogP contribution < -0.4 is 10.1 Å². The van der Waals surface area contributed by atoms with Crippen LogP contribution in [0.4, 0.5) is 11.4 Å². The van der Waals surface area contributed by atoms with Gasteiger partial charge in [-0.1, -0.05) is 170 Å². The number of fused-ring (bicyclic) bond motifs is 10. The van der Waals surface area contributed by atoms with Crippen LogP contribution in [0.5, 0.6) is 11.5 Å². The third kappa shape index (κ3) is 9.49. The number of aryl methyl sites for hydroxylation is 3. The third-order valence-corrected chi connectivity index (χ3v) is 14.0. The van der Waals surface area contributed by atoms with Gasteiger partial charge in [0.25, 0.3) is 0 Å². The van der Waals surface area contributed by atoms with Crippen LogP contribution in [0.2, 0.25) is 5.02 Å². The van der Waals surface area contributed by atoms with E-state index in [1.807, 2.05) is 92.0 Å². The lowest BCUT2D eigenvalue weighted by molar-refractivity contribution is 0.450. The fraction of sp³-hybridized carbons (Fsp3) is 0.0909. The Morgan fingerprint density at radius 1 is 0.527 bits per heavy atom. The Kier molecular flexibility index (Phi) is 13.2. The number of hydrogen-bond acceptors (Lipinski definition) is 6. The van der Waals surface area contributed by atoms with Crippen LogP contribution in [0.3, 0.4) is 0 Å². The summed E-state index contributed by atoms with van der Waals surface area (Å²) < 4.78 is 8.09. The van der Waals surface area contributed by atoms with Gasteiger partial charge >= 0.3 is 0 Å². The van der Waals surface area contributed by atoms with Gasteiger partial charge in [-0.25, -0.2) is 15.0 Å². The van der Waals surface area contributed by atoms with Crippen molar-refractivity contribution in [3.63, 3.8) is 0 Å². The van der Waals surface area contributed by atoms with Crippen molar-refractivity contribution in [3.8, 4) is 11.5 Å². The molecule has 0 saturated heterocycles. The van der Waals surface area contributed by atoms with E-state index in [4.69, 9.17) is 16.3 Å². The summed E-state index contributed by atoms with van der Waals surface area (Å²) in [6.45, 7) is 8.33. The Hall–Kier alpha value is -8.91. The maximum Gasteiger partial charge on any atom is 0.149 e. The van der Waals surface area contributed by atoms with Gasteiger partial charge in [0, 0.05) is 73.9 Å². The molecule has 10 aromatic carbocycles. The summed E-state index contributed by atoms with van der Waals surface area (Å²) in [4.78, 5) is 18.1. The van der Waals surface area contributed by atoms with Gasteiger partial charge in [0.1, 0.15) is 17.3 Å². The van der Waals surface area contributed by atoms with Crippen LogP contribution in [0.15, 0.2) is 224 Å². The number of hydrogen-bond donors (Lipinski definition) is 1. The van der Waals surface area contributed by atoms with Crippen molar-refractivity contribution in [2.24, 2.45) is 12.0 Å². The summed E-state index contributed by atoms with van der Waals surface area (Å²) in [7, 11) is 2.12. The highest BCUT2D eigenvalue weighted by Crippen LogP contribution is 2.46. The van der Waals surface area contributed by atoms with Crippen LogP contribution in [0, 0.1) is 13.8 Å². The number of rotatable bonds is 0. The number of nitrogens with one attached hydrogen (secondary N) is 1. The summed E-state index contributed by atoms with van der Waals surface area (Å²) in [5.74, 6) is 3.00. The Labute approximate surface area is 435 Å². The first-order valence-corrected chi connectivity index (χ1v) is 25.2. The smallest absolute Gasteiger partial charge is 0.149 e. The molecule has 0 saturated carbocycles. The number of aromatic nitrogens is 4. The quantitative estimate of drug-likeness (QED) is 0.121. The van der Waals surface area contributed by atoms with Crippen molar-refractivity contribution >= 4 is 105 Å². The van der Waals surface area contributed by atoms with Gasteiger partial charge in [0.2, 0.25) is 0 Å². The Bertz CT molecular complexity index is 4190. The standard InChI is InChI=1S/C14H11ClO.C14H11N.C13H10N2.C13H11N.C12H10N2/c1-9-10-5-2-3-8-13(10)16-14-11(9)6-4-7-12(14)15;1-10-6-7-14-13(8-10)12-5-3-2-4-11(12)9-15-14;1-9-5-4-8-12-13(9)15-11-7-3-2-6-10(11)14-12;1-14-12-8-4-2-6-10(12)11-7-3-5-9-13(11)14;1-8-13-10-6-2-4-9-5-3-7-11(14-8)12(9)10/h2-9H,1H3;2-9H,1H3;2-8H,1H3;2-9H,1H3;2-7H,1H3,(H,13,14). The average Bonchev–Trinajstić information content (AvgIpc) is 3.72. The zero-order chi connectivity index (χ0) is 50.7. The normalized spacial score (nSPS) is 12.9. The molecule has 2 aliphatic heterocycles. The zero-order valence-corrected chi connectivity index (χ0v) is 42.6. The van der Waals surface area contributed by atoms with Gasteiger partial charge in [-0.05, 0) is 104 Å². The summed E-state index contributed by atoms with van der Waals surface area (Å²) in [6, 6.07) is 72.3. The summed E-state index contributed by atoms with van der Waals surface area (Å²) in [5.41, 5.74) is 14.6. The summed E-state index contributed by atoms with van der Waals surface area (Å²) in [6.07, 6.45) is 1.94. The predicted molar refractivity (Wildman–Crippen MR) is 312 cm³/mol. The number of ether oxygens (including phenoxy) is 1. The topological polar surface area (TPSA) is 77.2 Å². The molecule has 3 aromatic heterocycles. The molecule has 0 aliphatic carbocycles. The maximum atomic E-state index is 6.15. The van der Waals surface area contributed by atoms with Crippen LogP contribution in [0.25, 0.3) is 76.3 Å². The van der Waals surface area contributed by atoms with Crippen molar-refractivity contribution in [2.75, 3.05) is 5.32 Å². The van der Waals surface area contributed by atoms with E-state index >= 15 is 0 Å². The molecule has 2 aliphatic rings. The van der Waals surface area contributed by atoms with Gasteiger partial charge < -0.3 is 14.6 Å². The number of aliphatic imine (C=N–C) groups is 1. The zero-order valence-electron chi connectivity index (χ0n) is 41.9. The second kappa shape index (κ2) is 20.7. The van der Waals surface area contributed by atoms with E-state index in [-0.39, 0.29) is 0 Å². The highest BCUT2D eigenvalue weighted by atomic mass is 35.5. The molecule has 0 radical (unpaired) electrons. The van der Waals surface area contributed by atoms with Crippen LogP contribution in [-0.4, -0.2) is 25.4 Å². The predicted octanol–water partition coefficient (Wildman–Crippen LogP) is 18.0. The molecule has 360 valence electrons. The lowest BCUT2D eigenvalue weighted by Crippen LogP contribution is -2.09. The molecule has 0 fully saturated rings. The monoisotopic (exact) mass is 980 g/mol. The molecule has 0 amide bonds. The lowest BCUT2D eigenvalue weighted by Gasteiger charge is -2.26. The highest BCUT2D eigenvalue weighted by Gasteiger charge is 2.25. The molecule has 0 spiro atoms.